The van der Waals surface area contributed by atoms with E-state index in [-0.39, 0.29) is 18.1 Å². The molecule has 1 unspecified atom stereocenters. The zero-order chi connectivity index (χ0) is 24.4. The largest absolute Gasteiger partial charge is 0.504 e. The van der Waals surface area contributed by atoms with Gasteiger partial charge in [-0.05, 0) is 42.1 Å². The summed E-state index contributed by atoms with van der Waals surface area (Å²) in [7, 11) is 1.46. The van der Waals surface area contributed by atoms with E-state index in [0.29, 0.717) is 18.7 Å². The maximum absolute atomic E-state index is 12.7. The van der Waals surface area contributed by atoms with Gasteiger partial charge in [0.1, 0.15) is 6.04 Å². The smallest absolute Gasteiger partial charge is 0.326 e. The first-order valence-electron chi connectivity index (χ1n) is 10.6. The first kappa shape index (κ1) is 25.7. The number of aromatic hydroxyl groups is 1. The van der Waals surface area contributed by atoms with Crippen molar-refractivity contribution in [1.82, 2.24) is 10.6 Å². The Kier molecular flexibility index (Phi) is 9.68. The van der Waals surface area contributed by atoms with Crippen molar-refractivity contribution < 1.29 is 34.4 Å². The lowest BCUT2D eigenvalue weighted by atomic mass is 10.00. The number of carboxylic acids is 2. The van der Waals surface area contributed by atoms with Crippen LogP contribution in [0.5, 0.6) is 11.5 Å². The van der Waals surface area contributed by atoms with Gasteiger partial charge in [-0.15, -0.1) is 0 Å². The van der Waals surface area contributed by atoms with Gasteiger partial charge in [-0.25, -0.2) is 4.79 Å². The molecule has 178 valence electrons. The third-order valence-corrected chi connectivity index (χ3v) is 5.13. The normalized spacial score (nSPS) is 13.5. The Morgan fingerprint density at radius 2 is 1.67 bits per heavy atom. The Bertz CT molecular complexity index is 949. The van der Waals surface area contributed by atoms with Gasteiger partial charge in [-0.2, -0.15) is 0 Å². The number of phenolic OH excluding ortho intramolecular Hbond substituents is 1. The van der Waals surface area contributed by atoms with Gasteiger partial charge in [-0.3, -0.25) is 9.59 Å². The molecule has 2 rings (SSSR count). The molecular weight excluding hydrogens is 428 g/mol. The van der Waals surface area contributed by atoms with E-state index >= 15 is 0 Å². The van der Waals surface area contributed by atoms with E-state index in [1.54, 1.807) is 42.5 Å². The van der Waals surface area contributed by atoms with Gasteiger partial charge in [0.25, 0.3) is 0 Å². The van der Waals surface area contributed by atoms with E-state index in [0.717, 1.165) is 11.1 Å². The third-order valence-electron chi connectivity index (χ3n) is 5.13. The SMILES string of the molecule is COc1ccc(CC(C)CN[C@@H](CC(=O)O)C(=O)N[C@@H](Cc2ccccc2)C(=O)O)cc1O. The number of benzene rings is 2. The second kappa shape index (κ2) is 12.4. The molecule has 5 N–H and O–H groups in total. The van der Waals surface area contributed by atoms with Gasteiger partial charge in [0, 0.05) is 6.42 Å². The quantitative estimate of drug-likeness (QED) is 0.306. The number of carboxylic acid groups (broad SMARTS) is 2. The first-order valence-corrected chi connectivity index (χ1v) is 10.6. The Balaban J connectivity index is 1.99. The van der Waals surface area contributed by atoms with Crippen LogP contribution in [-0.2, 0) is 27.2 Å². The molecule has 0 fully saturated rings. The predicted octanol–water partition coefficient (Wildman–Crippen LogP) is 1.82. The van der Waals surface area contributed by atoms with Crippen molar-refractivity contribution in [2.75, 3.05) is 13.7 Å². The molecule has 0 aromatic heterocycles. The van der Waals surface area contributed by atoms with Crippen molar-refractivity contribution in [2.24, 2.45) is 5.92 Å². The van der Waals surface area contributed by atoms with Crippen LogP contribution >= 0.6 is 0 Å². The number of amides is 1. The molecule has 0 aliphatic carbocycles. The summed E-state index contributed by atoms with van der Waals surface area (Å²) in [6.07, 6.45) is 0.163. The van der Waals surface area contributed by atoms with Gasteiger partial charge in [0.2, 0.25) is 5.91 Å². The third kappa shape index (κ3) is 8.46. The minimum atomic E-state index is -1.20. The molecule has 0 radical (unpaired) electrons. The molecule has 0 spiro atoms. The maximum atomic E-state index is 12.7. The summed E-state index contributed by atoms with van der Waals surface area (Å²) in [6, 6.07) is 11.7. The van der Waals surface area contributed by atoms with Crippen LogP contribution in [0.1, 0.15) is 24.5 Å². The summed E-state index contributed by atoms with van der Waals surface area (Å²) in [5, 5.41) is 34.0. The van der Waals surface area contributed by atoms with Gasteiger partial charge in [0.15, 0.2) is 11.5 Å². The molecule has 0 aliphatic rings. The van der Waals surface area contributed by atoms with Crippen LogP contribution in [-0.4, -0.2) is 58.9 Å². The summed E-state index contributed by atoms with van der Waals surface area (Å²) in [4.78, 5) is 35.7. The van der Waals surface area contributed by atoms with Crippen LogP contribution in [0.4, 0.5) is 0 Å². The maximum Gasteiger partial charge on any atom is 0.326 e. The average molecular weight is 459 g/mol. The van der Waals surface area contributed by atoms with Gasteiger partial charge >= 0.3 is 11.9 Å². The summed E-state index contributed by atoms with van der Waals surface area (Å²) in [5.41, 5.74) is 1.60. The molecule has 33 heavy (non-hydrogen) atoms. The number of hydrogen-bond donors (Lipinski definition) is 5. The number of carbonyl (C=O) groups excluding carboxylic acids is 1. The second-order valence-corrected chi connectivity index (χ2v) is 7.96. The molecule has 0 saturated carbocycles. The zero-order valence-corrected chi connectivity index (χ0v) is 18.7. The Morgan fingerprint density at radius 3 is 2.24 bits per heavy atom. The number of phenols is 1. The lowest BCUT2D eigenvalue weighted by molar-refractivity contribution is -0.143. The number of carbonyl (C=O) groups is 3. The second-order valence-electron chi connectivity index (χ2n) is 7.96. The van der Waals surface area contributed by atoms with Crippen molar-refractivity contribution in [3.63, 3.8) is 0 Å². The van der Waals surface area contributed by atoms with E-state index in [4.69, 9.17) is 4.74 Å². The molecule has 0 heterocycles. The van der Waals surface area contributed by atoms with Crippen LogP contribution in [0.15, 0.2) is 48.5 Å². The lowest BCUT2D eigenvalue weighted by Crippen LogP contribution is -2.52. The van der Waals surface area contributed by atoms with Gasteiger partial charge < -0.3 is 30.7 Å². The van der Waals surface area contributed by atoms with Crippen LogP contribution in [0.25, 0.3) is 0 Å². The molecule has 0 aliphatic heterocycles. The monoisotopic (exact) mass is 458 g/mol. The summed E-state index contributed by atoms with van der Waals surface area (Å²) in [6.45, 7) is 2.23. The Hall–Kier alpha value is -3.59. The van der Waals surface area contributed by atoms with E-state index in [1.165, 1.54) is 7.11 Å². The van der Waals surface area contributed by atoms with Crippen molar-refractivity contribution in [3.8, 4) is 11.5 Å². The Morgan fingerprint density at radius 1 is 0.970 bits per heavy atom. The topological polar surface area (TPSA) is 145 Å². The highest BCUT2D eigenvalue weighted by Gasteiger charge is 2.27. The molecule has 2 aromatic rings. The first-order chi connectivity index (χ1) is 15.7. The Labute approximate surface area is 192 Å². The fourth-order valence-corrected chi connectivity index (χ4v) is 3.43. The highest BCUT2D eigenvalue weighted by Crippen LogP contribution is 2.27. The minimum Gasteiger partial charge on any atom is -0.504 e. The molecule has 2 aromatic carbocycles. The van der Waals surface area contributed by atoms with Gasteiger partial charge in [0.05, 0.1) is 19.6 Å². The summed E-state index contributed by atoms with van der Waals surface area (Å²) >= 11 is 0. The summed E-state index contributed by atoms with van der Waals surface area (Å²) < 4.78 is 5.03. The van der Waals surface area contributed by atoms with Crippen LogP contribution in [0.3, 0.4) is 0 Å². The molecule has 3 atom stereocenters. The minimum absolute atomic E-state index is 0.00137. The number of methoxy groups -OCH3 is 1. The average Bonchev–Trinajstić information content (AvgIpc) is 2.76. The van der Waals surface area contributed by atoms with E-state index in [1.807, 2.05) is 13.0 Å². The molecule has 9 nitrogen and oxygen atoms in total. The fourth-order valence-electron chi connectivity index (χ4n) is 3.43. The summed E-state index contributed by atoms with van der Waals surface area (Å²) in [5.74, 6) is -2.67. The van der Waals surface area contributed by atoms with Crippen molar-refractivity contribution in [1.29, 1.82) is 0 Å². The van der Waals surface area contributed by atoms with Crippen LogP contribution in [0.2, 0.25) is 0 Å². The number of ether oxygens (including phenoxy) is 1. The van der Waals surface area contributed by atoms with E-state index in [9.17, 15) is 29.7 Å². The van der Waals surface area contributed by atoms with E-state index < -0.39 is 36.4 Å². The molecule has 1 amide bonds. The molecule has 9 heteroatoms. The van der Waals surface area contributed by atoms with Crippen molar-refractivity contribution in [2.45, 2.75) is 38.3 Å². The highest BCUT2D eigenvalue weighted by atomic mass is 16.5. The molecule has 0 saturated heterocycles. The fraction of sp³-hybridized carbons (Fsp3) is 0.375. The predicted molar refractivity (Wildman–Crippen MR) is 121 cm³/mol. The molecule has 0 bridgehead atoms. The standard InChI is InChI=1S/C24H30N2O7/c1-15(10-17-8-9-21(33-2)20(27)12-17)14-25-18(13-22(28)29)23(30)26-19(24(31)32)11-16-6-4-3-5-7-16/h3-9,12,15,18-19,25,27H,10-11,13-14H2,1-2H3,(H,26,30)(H,28,29)(H,31,32)/t15?,18-,19-/m0/s1. The van der Waals surface area contributed by atoms with Crippen LogP contribution < -0.4 is 15.4 Å². The number of nitrogens with one attached hydrogen (secondary N) is 2. The zero-order valence-electron chi connectivity index (χ0n) is 18.7. The van der Waals surface area contributed by atoms with Crippen LogP contribution in [0, 0.1) is 5.92 Å². The van der Waals surface area contributed by atoms with Crippen molar-refractivity contribution >= 4 is 17.8 Å². The van der Waals surface area contributed by atoms with E-state index in [2.05, 4.69) is 10.6 Å². The lowest BCUT2D eigenvalue weighted by Gasteiger charge is -2.22. The van der Waals surface area contributed by atoms with Crippen molar-refractivity contribution in [3.05, 3.63) is 59.7 Å². The molecular formula is C24H30N2O7. The number of hydrogen-bond acceptors (Lipinski definition) is 6. The number of aliphatic carboxylic acids is 2. The van der Waals surface area contributed by atoms with Gasteiger partial charge in [-0.1, -0.05) is 43.3 Å². The highest BCUT2D eigenvalue weighted by molar-refractivity contribution is 5.89. The number of rotatable bonds is 13.